The van der Waals surface area contributed by atoms with Crippen molar-refractivity contribution in [2.24, 2.45) is 0 Å². The molecule has 0 spiro atoms. The Morgan fingerprint density at radius 3 is 2.92 bits per heavy atom. The third kappa shape index (κ3) is 1.48. The monoisotopic (exact) mass is 193 g/mol. The van der Waals surface area contributed by atoms with Crippen molar-refractivity contribution in [3.63, 3.8) is 0 Å². The van der Waals surface area contributed by atoms with E-state index >= 15 is 0 Å². The fourth-order valence-corrected chi connectivity index (χ4v) is 2.56. The van der Waals surface area contributed by atoms with Gasteiger partial charge in [0, 0.05) is 11.3 Å². The molecule has 1 aromatic heterocycles. The van der Waals surface area contributed by atoms with Gasteiger partial charge in [0.1, 0.15) is 0 Å². The summed E-state index contributed by atoms with van der Waals surface area (Å²) >= 11 is 1.77. The van der Waals surface area contributed by atoms with Crippen LogP contribution in [0.3, 0.4) is 0 Å². The van der Waals surface area contributed by atoms with E-state index in [1.54, 1.807) is 11.3 Å². The van der Waals surface area contributed by atoms with Gasteiger partial charge in [-0.25, -0.2) is 0 Å². The van der Waals surface area contributed by atoms with Crippen molar-refractivity contribution in [1.29, 1.82) is 5.26 Å². The van der Waals surface area contributed by atoms with Gasteiger partial charge in [-0.1, -0.05) is 6.07 Å². The molecule has 2 nitrogen and oxygen atoms in total. The van der Waals surface area contributed by atoms with Crippen molar-refractivity contribution in [3.05, 3.63) is 22.4 Å². The molecular formula is C10H11NOS. The Morgan fingerprint density at radius 1 is 1.62 bits per heavy atom. The number of hydrogen-bond donors (Lipinski definition) is 0. The molecule has 1 aromatic rings. The molecule has 3 heteroatoms. The van der Waals surface area contributed by atoms with Crippen LogP contribution in [0.4, 0.5) is 0 Å². The lowest BCUT2D eigenvalue weighted by molar-refractivity contribution is -0.0618. The second-order valence-electron chi connectivity index (χ2n) is 3.41. The fraction of sp³-hybridized carbons (Fsp3) is 0.500. The minimum Gasteiger partial charge on any atom is -0.379 e. The topological polar surface area (TPSA) is 33.0 Å². The predicted octanol–water partition coefficient (Wildman–Crippen LogP) is 2.32. The summed E-state index contributed by atoms with van der Waals surface area (Å²) in [5.41, 5.74) is 0.171. The highest BCUT2D eigenvalue weighted by Crippen LogP contribution is 2.38. The lowest BCUT2D eigenvalue weighted by atomic mass is 9.80. The van der Waals surface area contributed by atoms with Crippen LogP contribution in [0, 0.1) is 11.3 Å². The van der Waals surface area contributed by atoms with E-state index in [1.165, 1.54) is 4.88 Å². The average molecular weight is 193 g/mol. The number of nitriles is 1. The first-order valence-electron chi connectivity index (χ1n) is 4.36. The highest BCUT2D eigenvalue weighted by molar-refractivity contribution is 7.10. The summed E-state index contributed by atoms with van der Waals surface area (Å²) in [6.45, 7) is 1.57. The van der Waals surface area contributed by atoms with Crippen LogP contribution in [-0.4, -0.2) is 13.2 Å². The van der Waals surface area contributed by atoms with Crippen LogP contribution in [0.15, 0.2) is 17.5 Å². The predicted molar refractivity (Wildman–Crippen MR) is 51.7 cm³/mol. The van der Waals surface area contributed by atoms with E-state index in [0.717, 1.165) is 19.6 Å². The van der Waals surface area contributed by atoms with Crippen molar-refractivity contribution >= 4 is 11.3 Å². The normalized spacial score (nSPS) is 19.0. The first-order valence-corrected chi connectivity index (χ1v) is 5.24. The lowest BCUT2D eigenvalue weighted by Crippen LogP contribution is -2.46. The van der Waals surface area contributed by atoms with Crippen LogP contribution in [0.25, 0.3) is 0 Å². The molecule has 0 bridgehead atoms. The third-order valence-electron chi connectivity index (χ3n) is 2.52. The van der Waals surface area contributed by atoms with Gasteiger partial charge in [0.2, 0.25) is 0 Å². The molecule has 13 heavy (non-hydrogen) atoms. The number of ether oxygens (including phenoxy) is 1. The zero-order chi connectivity index (χ0) is 9.15. The van der Waals surface area contributed by atoms with Gasteiger partial charge >= 0.3 is 0 Å². The lowest BCUT2D eigenvalue weighted by Gasteiger charge is -2.40. The van der Waals surface area contributed by atoms with Crippen LogP contribution >= 0.6 is 11.3 Å². The summed E-state index contributed by atoms with van der Waals surface area (Å²) in [7, 11) is 0. The Balaban J connectivity index is 2.12. The second kappa shape index (κ2) is 3.49. The van der Waals surface area contributed by atoms with Crippen LogP contribution in [-0.2, 0) is 10.2 Å². The maximum Gasteiger partial charge on any atom is 0.0622 e. The summed E-state index contributed by atoms with van der Waals surface area (Å²) < 4.78 is 5.26. The summed E-state index contributed by atoms with van der Waals surface area (Å²) in [6, 6.07) is 6.41. The first kappa shape index (κ1) is 8.74. The van der Waals surface area contributed by atoms with Gasteiger partial charge in [-0.05, 0) is 17.9 Å². The molecule has 68 valence electrons. The molecule has 1 fully saturated rings. The van der Waals surface area contributed by atoms with Gasteiger partial charge in [0.25, 0.3) is 0 Å². The van der Waals surface area contributed by atoms with Gasteiger partial charge in [-0.3, -0.25) is 0 Å². The number of thiophene rings is 1. The number of hydrogen-bond acceptors (Lipinski definition) is 3. The molecular weight excluding hydrogens is 182 g/mol. The number of rotatable bonds is 3. The maximum atomic E-state index is 8.56. The largest absolute Gasteiger partial charge is 0.379 e. The van der Waals surface area contributed by atoms with Crippen LogP contribution in [0.5, 0.6) is 0 Å². The van der Waals surface area contributed by atoms with Crippen molar-refractivity contribution < 1.29 is 4.74 Å². The van der Waals surface area contributed by atoms with Gasteiger partial charge in [-0.2, -0.15) is 5.26 Å². The van der Waals surface area contributed by atoms with E-state index in [2.05, 4.69) is 23.6 Å². The molecule has 1 saturated heterocycles. The molecule has 0 saturated carbocycles. The fourth-order valence-electron chi connectivity index (χ4n) is 1.63. The Morgan fingerprint density at radius 2 is 2.46 bits per heavy atom. The average Bonchev–Trinajstić information content (AvgIpc) is 2.56. The molecule has 1 aliphatic heterocycles. The maximum absolute atomic E-state index is 8.56. The highest BCUT2D eigenvalue weighted by Gasteiger charge is 2.40. The molecule has 1 aliphatic rings. The molecule has 0 N–H and O–H groups in total. The Hall–Kier alpha value is -0.850. The summed E-state index contributed by atoms with van der Waals surface area (Å²) in [4.78, 5) is 1.37. The zero-order valence-electron chi connectivity index (χ0n) is 7.32. The Labute approximate surface area is 81.8 Å². The van der Waals surface area contributed by atoms with Gasteiger partial charge in [0.05, 0.1) is 24.7 Å². The van der Waals surface area contributed by atoms with Crippen molar-refractivity contribution in [2.45, 2.75) is 18.3 Å². The van der Waals surface area contributed by atoms with Gasteiger partial charge in [0.15, 0.2) is 0 Å². The minimum absolute atomic E-state index is 0.171. The van der Waals surface area contributed by atoms with Crippen LogP contribution in [0.1, 0.15) is 17.7 Å². The van der Waals surface area contributed by atoms with E-state index in [0.29, 0.717) is 6.42 Å². The summed E-state index contributed by atoms with van der Waals surface area (Å²) in [5, 5.41) is 10.6. The Bertz CT molecular complexity index is 308. The smallest absolute Gasteiger partial charge is 0.0622 e. The van der Waals surface area contributed by atoms with E-state index in [9.17, 15) is 0 Å². The molecule has 0 aliphatic carbocycles. The quantitative estimate of drug-likeness (QED) is 0.738. The molecule has 2 heterocycles. The standard InChI is InChI=1S/C10H11NOS/c11-5-2-4-10(7-12-8-10)9-3-1-6-13-9/h1,3,6H,2,4,7-8H2. The van der Waals surface area contributed by atoms with Crippen molar-refractivity contribution in [3.8, 4) is 6.07 Å². The van der Waals surface area contributed by atoms with Gasteiger partial charge < -0.3 is 4.74 Å². The molecule has 2 rings (SSSR count). The highest BCUT2D eigenvalue weighted by atomic mass is 32.1. The molecule has 0 amide bonds. The van der Waals surface area contributed by atoms with Crippen molar-refractivity contribution in [1.82, 2.24) is 0 Å². The summed E-state index contributed by atoms with van der Waals surface area (Å²) in [6.07, 6.45) is 1.56. The first-order chi connectivity index (χ1) is 6.37. The van der Waals surface area contributed by atoms with Crippen LogP contribution < -0.4 is 0 Å². The summed E-state index contributed by atoms with van der Waals surface area (Å²) in [5.74, 6) is 0. The number of nitrogens with zero attached hydrogens (tertiary/aromatic N) is 1. The third-order valence-corrected chi connectivity index (χ3v) is 3.63. The van der Waals surface area contributed by atoms with E-state index in [1.807, 2.05) is 0 Å². The van der Waals surface area contributed by atoms with E-state index < -0.39 is 0 Å². The SMILES string of the molecule is N#CCCC1(c2cccs2)COC1. The second-order valence-corrected chi connectivity index (χ2v) is 4.36. The van der Waals surface area contributed by atoms with Crippen molar-refractivity contribution in [2.75, 3.05) is 13.2 Å². The minimum atomic E-state index is 0.171. The van der Waals surface area contributed by atoms with Gasteiger partial charge in [-0.15, -0.1) is 11.3 Å². The molecule has 0 aromatic carbocycles. The molecule has 0 radical (unpaired) electrons. The van der Waals surface area contributed by atoms with Crippen LogP contribution in [0.2, 0.25) is 0 Å². The van der Waals surface area contributed by atoms with E-state index in [4.69, 9.17) is 10.00 Å². The molecule has 0 unspecified atom stereocenters. The zero-order valence-corrected chi connectivity index (χ0v) is 8.14. The Kier molecular flexibility index (Phi) is 2.34. The van der Waals surface area contributed by atoms with E-state index in [-0.39, 0.29) is 5.41 Å². The molecule has 0 atom stereocenters.